The molecule has 0 radical (unpaired) electrons. The molecule has 1 aromatic heterocycles. The number of amides is 1. The maximum atomic E-state index is 13.2. The van der Waals surface area contributed by atoms with E-state index in [0.29, 0.717) is 11.4 Å². The Morgan fingerprint density at radius 2 is 1.85 bits per heavy atom. The molecule has 0 unspecified atom stereocenters. The first-order chi connectivity index (χ1) is 12.8. The predicted molar refractivity (Wildman–Crippen MR) is 97.6 cm³/mol. The highest BCUT2D eigenvalue weighted by atomic mass is 32.2. The van der Waals surface area contributed by atoms with Gasteiger partial charge in [0.1, 0.15) is 17.1 Å². The summed E-state index contributed by atoms with van der Waals surface area (Å²) >= 11 is 0. The lowest BCUT2D eigenvalue weighted by Crippen LogP contribution is -2.15. The van der Waals surface area contributed by atoms with Crippen LogP contribution >= 0.6 is 0 Å². The van der Waals surface area contributed by atoms with Gasteiger partial charge in [0.25, 0.3) is 15.9 Å². The van der Waals surface area contributed by atoms with E-state index in [2.05, 4.69) is 15.2 Å². The fourth-order valence-corrected chi connectivity index (χ4v) is 3.78. The van der Waals surface area contributed by atoms with Crippen LogP contribution in [0.15, 0.2) is 58.1 Å². The first-order valence-corrected chi connectivity index (χ1v) is 9.36. The second-order valence-electron chi connectivity index (χ2n) is 5.85. The largest absolute Gasteiger partial charge is 0.361 e. The van der Waals surface area contributed by atoms with E-state index in [1.165, 1.54) is 31.3 Å². The summed E-state index contributed by atoms with van der Waals surface area (Å²) in [6.07, 6.45) is 1.30. The van der Waals surface area contributed by atoms with E-state index in [4.69, 9.17) is 4.52 Å². The Morgan fingerprint density at radius 1 is 1.11 bits per heavy atom. The molecule has 1 heterocycles. The van der Waals surface area contributed by atoms with Gasteiger partial charge in [0.2, 0.25) is 0 Å². The van der Waals surface area contributed by atoms with Crippen molar-refractivity contribution in [2.24, 2.45) is 0 Å². The van der Waals surface area contributed by atoms with Crippen LogP contribution in [-0.4, -0.2) is 19.5 Å². The lowest BCUT2D eigenvalue weighted by Gasteiger charge is -2.12. The topological polar surface area (TPSA) is 101 Å². The SMILES string of the molecule is Cc1cc(F)ccc1S(=O)(=O)Nc1cccc(NC(=O)c2cnoc2C)c1. The lowest BCUT2D eigenvalue weighted by atomic mass is 10.2. The van der Waals surface area contributed by atoms with E-state index in [9.17, 15) is 17.6 Å². The van der Waals surface area contributed by atoms with Gasteiger partial charge in [0.05, 0.1) is 16.8 Å². The van der Waals surface area contributed by atoms with E-state index >= 15 is 0 Å². The van der Waals surface area contributed by atoms with E-state index in [-0.39, 0.29) is 21.7 Å². The fraction of sp³-hybridized carbons (Fsp3) is 0.111. The van der Waals surface area contributed by atoms with Crippen molar-refractivity contribution in [1.29, 1.82) is 0 Å². The van der Waals surface area contributed by atoms with Crippen LogP contribution in [0.1, 0.15) is 21.7 Å². The molecule has 0 fully saturated rings. The number of nitrogens with one attached hydrogen (secondary N) is 2. The molecule has 0 saturated carbocycles. The quantitative estimate of drug-likeness (QED) is 0.696. The number of carbonyl (C=O) groups is 1. The Bertz CT molecular complexity index is 1110. The number of sulfonamides is 1. The highest BCUT2D eigenvalue weighted by Crippen LogP contribution is 2.22. The molecule has 0 spiro atoms. The highest BCUT2D eigenvalue weighted by molar-refractivity contribution is 7.92. The van der Waals surface area contributed by atoms with Crippen molar-refractivity contribution in [3.8, 4) is 0 Å². The minimum atomic E-state index is -3.91. The zero-order chi connectivity index (χ0) is 19.6. The van der Waals surface area contributed by atoms with E-state index in [0.717, 1.165) is 12.1 Å². The molecule has 2 N–H and O–H groups in total. The third kappa shape index (κ3) is 4.14. The number of nitrogens with zero attached hydrogens (tertiary/aromatic N) is 1. The molecule has 1 amide bonds. The molecular weight excluding hydrogens is 373 g/mol. The monoisotopic (exact) mass is 389 g/mol. The number of anilines is 2. The Morgan fingerprint density at radius 3 is 2.52 bits per heavy atom. The van der Waals surface area contributed by atoms with Gasteiger partial charge < -0.3 is 9.84 Å². The van der Waals surface area contributed by atoms with Crippen molar-refractivity contribution in [2.45, 2.75) is 18.7 Å². The van der Waals surface area contributed by atoms with Gasteiger partial charge in [-0.05, 0) is 55.8 Å². The summed E-state index contributed by atoms with van der Waals surface area (Å²) in [6, 6.07) is 9.64. The average molecular weight is 389 g/mol. The van der Waals surface area contributed by atoms with Gasteiger partial charge in [-0.15, -0.1) is 0 Å². The number of aromatic nitrogens is 1. The molecule has 0 atom stereocenters. The Kier molecular flexibility index (Phi) is 4.95. The zero-order valence-electron chi connectivity index (χ0n) is 14.5. The Balaban J connectivity index is 1.81. The molecule has 0 bridgehead atoms. The first-order valence-electron chi connectivity index (χ1n) is 7.88. The van der Waals surface area contributed by atoms with Crippen molar-refractivity contribution in [1.82, 2.24) is 5.16 Å². The molecule has 2 aromatic carbocycles. The van der Waals surface area contributed by atoms with E-state index in [1.54, 1.807) is 19.1 Å². The minimum absolute atomic E-state index is 0.0292. The van der Waals surface area contributed by atoms with Gasteiger partial charge in [0, 0.05) is 5.69 Å². The second kappa shape index (κ2) is 7.20. The minimum Gasteiger partial charge on any atom is -0.361 e. The summed E-state index contributed by atoms with van der Waals surface area (Å²) < 4.78 is 45.6. The fourth-order valence-electron chi connectivity index (χ4n) is 2.50. The molecule has 140 valence electrons. The molecule has 0 aliphatic carbocycles. The molecule has 9 heteroatoms. The van der Waals surface area contributed by atoms with Crippen molar-refractivity contribution in [3.05, 3.63) is 71.4 Å². The summed E-state index contributed by atoms with van der Waals surface area (Å²) in [5.74, 6) is -0.570. The molecule has 7 nitrogen and oxygen atoms in total. The Hall–Kier alpha value is -3.20. The standard InChI is InChI=1S/C18H16FN3O4S/c1-11-8-13(19)6-7-17(11)27(24,25)22-15-5-3-4-14(9-15)21-18(23)16-10-20-26-12(16)2/h3-10,22H,1-2H3,(H,21,23). The van der Waals surface area contributed by atoms with Gasteiger partial charge in [-0.3, -0.25) is 9.52 Å². The van der Waals surface area contributed by atoms with Crippen molar-refractivity contribution < 1.29 is 22.1 Å². The van der Waals surface area contributed by atoms with Crippen LogP contribution in [0, 0.1) is 19.7 Å². The van der Waals surface area contributed by atoms with Gasteiger partial charge in [-0.1, -0.05) is 11.2 Å². The molecule has 0 aliphatic rings. The molecule has 3 rings (SSSR count). The van der Waals surface area contributed by atoms with Gasteiger partial charge in [-0.2, -0.15) is 0 Å². The summed E-state index contributed by atoms with van der Waals surface area (Å²) in [6.45, 7) is 3.12. The second-order valence-corrected chi connectivity index (χ2v) is 7.50. The van der Waals surface area contributed by atoms with E-state index in [1.807, 2.05) is 0 Å². The summed E-state index contributed by atoms with van der Waals surface area (Å²) in [4.78, 5) is 12.2. The number of halogens is 1. The molecule has 27 heavy (non-hydrogen) atoms. The van der Waals surface area contributed by atoms with E-state index < -0.39 is 21.7 Å². The van der Waals surface area contributed by atoms with Crippen LogP contribution in [-0.2, 0) is 10.0 Å². The number of benzene rings is 2. The molecular formula is C18H16FN3O4S. The smallest absolute Gasteiger partial charge is 0.262 e. The van der Waals surface area contributed by atoms with Crippen LogP contribution in [0.3, 0.4) is 0 Å². The van der Waals surface area contributed by atoms with Gasteiger partial charge in [-0.25, -0.2) is 12.8 Å². The maximum absolute atomic E-state index is 13.2. The Labute approximate surface area is 155 Å². The number of carbonyl (C=O) groups excluding carboxylic acids is 1. The molecule has 0 saturated heterocycles. The predicted octanol–water partition coefficient (Wildman–Crippen LogP) is 3.48. The number of aryl methyl sites for hydroxylation is 2. The van der Waals surface area contributed by atoms with Crippen LogP contribution in [0.2, 0.25) is 0 Å². The normalized spacial score (nSPS) is 11.2. The highest BCUT2D eigenvalue weighted by Gasteiger charge is 2.18. The molecule has 0 aliphatic heterocycles. The van der Waals surface area contributed by atoms with Crippen molar-refractivity contribution >= 4 is 27.3 Å². The van der Waals surface area contributed by atoms with Crippen molar-refractivity contribution in [2.75, 3.05) is 10.0 Å². The summed E-state index contributed by atoms with van der Waals surface area (Å²) in [5, 5.41) is 6.19. The number of hydrogen-bond acceptors (Lipinski definition) is 5. The van der Waals surface area contributed by atoms with Gasteiger partial charge in [0.15, 0.2) is 0 Å². The average Bonchev–Trinajstić information content (AvgIpc) is 3.00. The zero-order valence-corrected chi connectivity index (χ0v) is 15.3. The number of rotatable bonds is 5. The van der Waals surface area contributed by atoms with Crippen molar-refractivity contribution in [3.63, 3.8) is 0 Å². The van der Waals surface area contributed by atoms with Crippen LogP contribution in [0.4, 0.5) is 15.8 Å². The first kappa shape index (κ1) is 18.6. The maximum Gasteiger partial charge on any atom is 0.262 e. The third-order valence-corrected chi connectivity index (χ3v) is 5.34. The molecule has 3 aromatic rings. The van der Waals surface area contributed by atoms with Crippen LogP contribution in [0.25, 0.3) is 0 Å². The van der Waals surface area contributed by atoms with Gasteiger partial charge >= 0.3 is 0 Å². The van der Waals surface area contributed by atoms with Crippen LogP contribution < -0.4 is 10.0 Å². The van der Waals surface area contributed by atoms with Crippen LogP contribution in [0.5, 0.6) is 0 Å². The number of hydrogen-bond donors (Lipinski definition) is 2. The third-order valence-electron chi connectivity index (χ3n) is 3.79. The lowest BCUT2D eigenvalue weighted by molar-refractivity contribution is 0.102. The summed E-state index contributed by atoms with van der Waals surface area (Å²) in [7, 11) is -3.91. The summed E-state index contributed by atoms with van der Waals surface area (Å²) in [5.41, 5.74) is 1.20.